The van der Waals surface area contributed by atoms with Crippen LogP contribution in [0.25, 0.3) is 5.95 Å². The maximum Gasteiger partial charge on any atom is 0.241 e. The molecule has 9 heteroatoms. The Kier molecular flexibility index (Phi) is 3.81. The first-order valence-electron chi connectivity index (χ1n) is 5.59. The van der Waals surface area contributed by atoms with Crippen LogP contribution >= 0.6 is 34.5 Å². The van der Waals surface area contributed by atoms with Crippen molar-refractivity contribution in [3.8, 4) is 5.95 Å². The van der Waals surface area contributed by atoms with Crippen molar-refractivity contribution in [3.63, 3.8) is 0 Å². The summed E-state index contributed by atoms with van der Waals surface area (Å²) in [6, 6.07) is 3.79. The Hall–Kier alpha value is -1.70. The van der Waals surface area contributed by atoms with Crippen LogP contribution in [0.15, 0.2) is 30.9 Å². The van der Waals surface area contributed by atoms with Crippen molar-refractivity contribution in [2.24, 2.45) is 0 Å². The molecule has 1 N–H and O–H groups in total. The number of aromatic nitrogens is 5. The van der Waals surface area contributed by atoms with Gasteiger partial charge in [-0.2, -0.15) is 15.0 Å². The second kappa shape index (κ2) is 5.74. The first-order valence-corrected chi connectivity index (χ1v) is 7.16. The van der Waals surface area contributed by atoms with E-state index in [2.05, 4.69) is 25.3 Å². The minimum absolute atomic E-state index is 0.121. The van der Waals surface area contributed by atoms with Gasteiger partial charge in [-0.25, -0.2) is 4.98 Å². The summed E-state index contributed by atoms with van der Waals surface area (Å²) < 4.78 is 2.40. The minimum Gasteiger partial charge on any atom is -0.349 e. The Morgan fingerprint density at radius 3 is 2.80 bits per heavy atom. The molecule has 0 aliphatic heterocycles. The summed E-state index contributed by atoms with van der Waals surface area (Å²) in [5.41, 5.74) is 0. The lowest BCUT2D eigenvalue weighted by Crippen LogP contribution is -2.07. The molecule has 0 atom stereocenters. The molecule has 102 valence electrons. The van der Waals surface area contributed by atoms with Crippen LogP contribution in [0, 0.1) is 0 Å². The van der Waals surface area contributed by atoms with Crippen molar-refractivity contribution >= 4 is 40.5 Å². The highest BCUT2D eigenvalue weighted by Crippen LogP contribution is 2.22. The average Bonchev–Trinajstić information content (AvgIpc) is 3.07. The standard InChI is InChI=1S/C11H8Cl2N6S/c12-8-2-1-7(20-8)5-15-10-16-9(13)17-11(18-10)19-4-3-14-6-19/h1-4,6H,5H2,(H,15,16,17,18). The van der Waals surface area contributed by atoms with Crippen molar-refractivity contribution < 1.29 is 0 Å². The van der Waals surface area contributed by atoms with E-state index in [0.717, 1.165) is 9.21 Å². The van der Waals surface area contributed by atoms with Gasteiger partial charge in [0.1, 0.15) is 6.33 Å². The Balaban J connectivity index is 1.79. The van der Waals surface area contributed by atoms with E-state index >= 15 is 0 Å². The first kappa shape index (κ1) is 13.3. The van der Waals surface area contributed by atoms with Crippen molar-refractivity contribution in [2.45, 2.75) is 6.54 Å². The Morgan fingerprint density at radius 2 is 2.10 bits per heavy atom. The van der Waals surface area contributed by atoms with E-state index < -0.39 is 0 Å². The highest BCUT2D eigenvalue weighted by atomic mass is 35.5. The van der Waals surface area contributed by atoms with Crippen LogP contribution in [0.1, 0.15) is 4.88 Å². The van der Waals surface area contributed by atoms with Gasteiger partial charge in [0.2, 0.25) is 17.2 Å². The summed E-state index contributed by atoms with van der Waals surface area (Å²) in [6.45, 7) is 0.571. The molecule has 0 saturated heterocycles. The van der Waals surface area contributed by atoms with E-state index in [-0.39, 0.29) is 5.28 Å². The van der Waals surface area contributed by atoms with Crippen LogP contribution in [0.3, 0.4) is 0 Å². The van der Waals surface area contributed by atoms with Gasteiger partial charge >= 0.3 is 0 Å². The fraction of sp³-hybridized carbons (Fsp3) is 0.0909. The second-order valence-electron chi connectivity index (χ2n) is 3.76. The molecule has 0 amide bonds. The third kappa shape index (κ3) is 3.06. The van der Waals surface area contributed by atoms with E-state index in [0.29, 0.717) is 18.4 Å². The number of hydrogen-bond acceptors (Lipinski definition) is 6. The summed E-state index contributed by atoms with van der Waals surface area (Å²) in [4.78, 5) is 17.4. The third-order valence-electron chi connectivity index (χ3n) is 2.38. The molecule has 3 aromatic heterocycles. The molecule has 20 heavy (non-hydrogen) atoms. The van der Waals surface area contributed by atoms with Crippen LogP contribution in [-0.2, 0) is 6.54 Å². The first-order chi connectivity index (χ1) is 9.70. The lowest BCUT2D eigenvalue weighted by Gasteiger charge is -2.05. The van der Waals surface area contributed by atoms with Crippen molar-refractivity contribution in [1.29, 1.82) is 0 Å². The molecule has 0 unspecified atom stereocenters. The Bertz CT molecular complexity index is 712. The summed E-state index contributed by atoms with van der Waals surface area (Å²) in [6.07, 6.45) is 4.96. The van der Waals surface area contributed by atoms with Crippen LogP contribution in [0.5, 0.6) is 0 Å². The van der Waals surface area contributed by atoms with Crippen LogP contribution in [-0.4, -0.2) is 24.5 Å². The smallest absolute Gasteiger partial charge is 0.241 e. The number of nitrogens with one attached hydrogen (secondary N) is 1. The zero-order valence-corrected chi connectivity index (χ0v) is 12.3. The predicted octanol–water partition coefficient (Wildman–Crippen LogP) is 3.04. The molecule has 6 nitrogen and oxygen atoms in total. The summed E-state index contributed by atoms with van der Waals surface area (Å²) >= 11 is 13.3. The van der Waals surface area contributed by atoms with Gasteiger partial charge in [0.15, 0.2) is 0 Å². The second-order valence-corrected chi connectivity index (χ2v) is 5.90. The van der Waals surface area contributed by atoms with Gasteiger partial charge in [0.25, 0.3) is 0 Å². The van der Waals surface area contributed by atoms with E-state index in [1.165, 1.54) is 11.3 Å². The van der Waals surface area contributed by atoms with Gasteiger partial charge < -0.3 is 5.32 Å². The number of anilines is 1. The molecule has 0 fully saturated rings. The summed E-state index contributed by atoms with van der Waals surface area (Å²) in [7, 11) is 0. The molecule has 3 heterocycles. The molecule has 0 saturated carbocycles. The number of imidazole rings is 1. The largest absolute Gasteiger partial charge is 0.349 e. The Labute approximate surface area is 128 Å². The highest BCUT2D eigenvalue weighted by Gasteiger charge is 2.07. The van der Waals surface area contributed by atoms with E-state index in [9.17, 15) is 0 Å². The zero-order chi connectivity index (χ0) is 13.9. The summed E-state index contributed by atoms with van der Waals surface area (Å²) in [5, 5.41) is 3.21. The molecule has 0 spiro atoms. The van der Waals surface area contributed by atoms with Gasteiger partial charge in [-0.1, -0.05) is 11.6 Å². The molecular formula is C11H8Cl2N6S. The molecular weight excluding hydrogens is 319 g/mol. The van der Waals surface area contributed by atoms with Gasteiger partial charge in [-0.3, -0.25) is 4.57 Å². The van der Waals surface area contributed by atoms with Crippen LogP contribution < -0.4 is 5.32 Å². The molecule has 3 aromatic rings. The fourth-order valence-electron chi connectivity index (χ4n) is 1.52. The lowest BCUT2D eigenvalue weighted by atomic mass is 10.5. The number of rotatable bonds is 4. The topological polar surface area (TPSA) is 68.5 Å². The molecule has 3 rings (SSSR count). The van der Waals surface area contributed by atoms with Crippen LogP contribution in [0.4, 0.5) is 5.95 Å². The van der Waals surface area contributed by atoms with E-state index in [1.54, 1.807) is 23.3 Å². The van der Waals surface area contributed by atoms with Crippen molar-refractivity contribution in [3.05, 3.63) is 45.4 Å². The average molecular weight is 327 g/mol. The molecule has 0 aromatic carbocycles. The SMILES string of the molecule is Clc1nc(NCc2ccc(Cl)s2)nc(-n2ccnc2)n1. The molecule has 0 aliphatic carbocycles. The maximum absolute atomic E-state index is 5.90. The van der Waals surface area contributed by atoms with Gasteiger partial charge in [-0.15, -0.1) is 11.3 Å². The van der Waals surface area contributed by atoms with Crippen molar-refractivity contribution in [2.75, 3.05) is 5.32 Å². The predicted molar refractivity (Wildman–Crippen MR) is 78.6 cm³/mol. The number of hydrogen-bond donors (Lipinski definition) is 1. The Morgan fingerprint density at radius 1 is 1.20 bits per heavy atom. The molecule has 0 aliphatic rings. The zero-order valence-electron chi connectivity index (χ0n) is 9.99. The number of thiophene rings is 1. The van der Waals surface area contributed by atoms with E-state index in [4.69, 9.17) is 23.2 Å². The van der Waals surface area contributed by atoms with Crippen LogP contribution in [0.2, 0.25) is 9.62 Å². The van der Waals surface area contributed by atoms with Gasteiger partial charge in [-0.05, 0) is 23.7 Å². The number of nitrogens with zero attached hydrogens (tertiary/aromatic N) is 5. The lowest BCUT2D eigenvalue weighted by molar-refractivity contribution is 0.890. The highest BCUT2D eigenvalue weighted by molar-refractivity contribution is 7.16. The van der Waals surface area contributed by atoms with Gasteiger partial charge in [0, 0.05) is 17.3 Å². The van der Waals surface area contributed by atoms with E-state index in [1.807, 2.05) is 12.1 Å². The molecule has 0 bridgehead atoms. The normalized spacial score (nSPS) is 10.7. The van der Waals surface area contributed by atoms with Gasteiger partial charge in [0.05, 0.1) is 10.9 Å². The third-order valence-corrected chi connectivity index (χ3v) is 3.78. The quantitative estimate of drug-likeness (QED) is 0.798. The minimum atomic E-state index is 0.121. The maximum atomic E-state index is 5.90. The number of halogens is 2. The summed E-state index contributed by atoms with van der Waals surface area (Å²) in [5.74, 6) is 0.812. The van der Waals surface area contributed by atoms with Crippen molar-refractivity contribution in [1.82, 2.24) is 24.5 Å². The fourth-order valence-corrected chi connectivity index (χ4v) is 2.71. The monoisotopic (exact) mass is 326 g/mol. The molecule has 0 radical (unpaired) electrons.